The Bertz CT molecular complexity index is 606. The van der Waals surface area contributed by atoms with Gasteiger partial charge >= 0.3 is 0 Å². The van der Waals surface area contributed by atoms with Gasteiger partial charge in [-0.1, -0.05) is 0 Å². The highest BCUT2D eigenvalue weighted by Gasteiger charge is 2.06. The molecule has 0 aliphatic heterocycles. The normalized spacial score (nSPS) is 10.2. The molecule has 0 radical (unpaired) electrons. The van der Waals surface area contributed by atoms with Gasteiger partial charge in [0.05, 0.1) is 0 Å². The van der Waals surface area contributed by atoms with E-state index < -0.39 is 0 Å². The van der Waals surface area contributed by atoms with Crippen molar-refractivity contribution in [2.75, 3.05) is 23.3 Å². The molecule has 1 aromatic carbocycles. The van der Waals surface area contributed by atoms with Crippen LogP contribution in [-0.4, -0.2) is 28.8 Å². The Morgan fingerprint density at radius 1 is 1.14 bits per heavy atom. The topological polar surface area (TPSA) is 58.1 Å². The van der Waals surface area contributed by atoms with Gasteiger partial charge < -0.3 is 10.2 Å². The molecule has 1 heterocycles. The number of carbonyl (C=O) groups excluding carboxylic acids is 1. The van der Waals surface area contributed by atoms with Crippen LogP contribution in [0.3, 0.4) is 0 Å². The number of anilines is 3. The molecule has 2 aromatic rings. The smallest absolute Gasteiger partial charge is 0.229 e. The van der Waals surface area contributed by atoms with Crippen LogP contribution in [0.15, 0.2) is 36.5 Å². The van der Waals surface area contributed by atoms with Crippen LogP contribution < -0.4 is 10.2 Å². The van der Waals surface area contributed by atoms with Crippen molar-refractivity contribution in [3.8, 4) is 0 Å². The maximum absolute atomic E-state index is 11.3. The highest BCUT2D eigenvalue weighted by molar-refractivity contribution is 5.94. The largest absolute Gasteiger partial charge is 0.357 e. The number of carbonyl (C=O) groups is 1. The van der Waals surface area contributed by atoms with E-state index in [-0.39, 0.29) is 5.78 Å². The highest BCUT2D eigenvalue weighted by Crippen LogP contribution is 2.17. The van der Waals surface area contributed by atoms with Gasteiger partial charge in [0.25, 0.3) is 0 Å². The molecular formula is C16H20N4O. The molecule has 21 heavy (non-hydrogen) atoms. The summed E-state index contributed by atoms with van der Waals surface area (Å²) < 4.78 is 0. The van der Waals surface area contributed by atoms with Gasteiger partial charge in [-0.15, -0.1) is 0 Å². The Morgan fingerprint density at radius 2 is 1.81 bits per heavy atom. The van der Waals surface area contributed by atoms with Gasteiger partial charge in [-0.3, -0.25) is 4.79 Å². The maximum atomic E-state index is 11.3. The minimum Gasteiger partial charge on any atom is -0.357 e. The van der Waals surface area contributed by atoms with Crippen molar-refractivity contribution in [1.29, 1.82) is 0 Å². The van der Waals surface area contributed by atoms with Crippen LogP contribution in [0.2, 0.25) is 0 Å². The van der Waals surface area contributed by atoms with Crippen LogP contribution in [0, 0.1) is 0 Å². The quantitative estimate of drug-likeness (QED) is 0.825. The zero-order valence-corrected chi connectivity index (χ0v) is 12.6. The molecule has 1 aromatic heterocycles. The summed E-state index contributed by atoms with van der Waals surface area (Å²) in [6, 6.07) is 9.18. The number of hydrogen-bond acceptors (Lipinski definition) is 5. The first-order valence-corrected chi connectivity index (χ1v) is 7.10. The van der Waals surface area contributed by atoms with E-state index >= 15 is 0 Å². The van der Waals surface area contributed by atoms with Gasteiger partial charge in [-0.25, -0.2) is 4.98 Å². The van der Waals surface area contributed by atoms with Gasteiger partial charge in [0, 0.05) is 30.5 Å². The highest BCUT2D eigenvalue weighted by atomic mass is 16.1. The molecule has 5 heteroatoms. The van der Waals surface area contributed by atoms with Crippen molar-refractivity contribution in [2.45, 2.75) is 20.8 Å². The van der Waals surface area contributed by atoms with E-state index in [1.165, 1.54) is 0 Å². The minimum atomic E-state index is 0.0568. The monoisotopic (exact) mass is 284 g/mol. The molecule has 0 amide bonds. The van der Waals surface area contributed by atoms with E-state index in [1.54, 1.807) is 25.3 Å². The molecule has 0 aliphatic carbocycles. The number of nitrogens with zero attached hydrogens (tertiary/aromatic N) is 3. The Balaban J connectivity index is 2.15. The van der Waals surface area contributed by atoms with Crippen LogP contribution in [0.5, 0.6) is 0 Å². The molecule has 0 unspecified atom stereocenters. The van der Waals surface area contributed by atoms with Gasteiger partial charge in [-0.2, -0.15) is 4.98 Å². The Labute approximate surface area is 125 Å². The number of ketones is 1. The van der Waals surface area contributed by atoms with Crippen LogP contribution in [-0.2, 0) is 0 Å². The zero-order valence-electron chi connectivity index (χ0n) is 12.6. The standard InChI is InChI=1S/C16H20N4O/c1-4-20(5-2)15-10-11-17-16(19-15)18-14-8-6-13(7-9-14)12(3)21/h6-11H,4-5H2,1-3H3,(H,17,18,19). The summed E-state index contributed by atoms with van der Waals surface area (Å²) in [6.45, 7) is 7.55. The fraction of sp³-hybridized carbons (Fsp3) is 0.312. The minimum absolute atomic E-state index is 0.0568. The van der Waals surface area contributed by atoms with E-state index in [1.807, 2.05) is 18.2 Å². The number of nitrogens with one attached hydrogen (secondary N) is 1. The molecule has 0 fully saturated rings. The maximum Gasteiger partial charge on any atom is 0.229 e. The van der Waals surface area contributed by atoms with Crippen molar-refractivity contribution >= 4 is 23.2 Å². The molecule has 1 N–H and O–H groups in total. The lowest BCUT2D eigenvalue weighted by molar-refractivity contribution is 0.101. The lowest BCUT2D eigenvalue weighted by atomic mass is 10.1. The van der Waals surface area contributed by atoms with Gasteiger partial charge in [-0.05, 0) is 51.1 Å². The second-order valence-electron chi connectivity index (χ2n) is 4.67. The van der Waals surface area contributed by atoms with E-state index in [0.717, 1.165) is 24.6 Å². The summed E-state index contributed by atoms with van der Waals surface area (Å²) in [5, 5.41) is 3.15. The molecule has 2 rings (SSSR count). The van der Waals surface area contributed by atoms with E-state index in [9.17, 15) is 4.79 Å². The number of benzene rings is 1. The first-order chi connectivity index (χ1) is 10.1. The summed E-state index contributed by atoms with van der Waals surface area (Å²) >= 11 is 0. The fourth-order valence-corrected chi connectivity index (χ4v) is 2.05. The van der Waals surface area contributed by atoms with Crippen LogP contribution in [0.1, 0.15) is 31.1 Å². The van der Waals surface area contributed by atoms with E-state index in [0.29, 0.717) is 11.5 Å². The number of Topliss-reactive ketones (excluding diaryl/α,β-unsaturated/α-hetero) is 1. The average Bonchev–Trinajstić information content (AvgIpc) is 2.49. The van der Waals surface area contributed by atoms with E-state index in [2.05, 4.69) is 34.0 Å². The second kappa shape index (κ2) is 6.83. The third-order valence-electron chi connectivity index (χ3n) is 3.28. The first kappa shape index (κ1) is 15.0. The summed E-state index contributed by atoms with van der Waals surface area (Å²) in [4.78, 5) is 22.1. The summed E-state index contributed by atoms with van der Waals surface area (Å²) in [5.41, 5.74) is 1.55. The predicted octanol–water partition coefficient (Wildman–Crippen LogP) is 3.27. The van der Waals surface area contributed by atoms with Gasteiger partial charge in [0.1, 0.15) is 5.82 Å². The fourth-order valence-electron chi connectivity index (χ4n) is 2.05. The Kier molecular flexibility index (Phi) is 4.87. The zero-order chi connectivity index (χ0) is 15.2. The first-order valence-electron chi connectivity index (χ1n) is 7.10. The summed E-state index contributed by atoms with van der Waals surface area (Å²) in [7, 11) is 0. The predicted molar refractivity (Wildman–Crippen MR) is 85.3 cm³/mol. The third kappa shape index (κ3) is 3.78. The molecule has 5 nitrogen and oxygen atoms in total. The molecule has 110 valence electrons. The second-order valence-corrected chi connectivity index (χ2v) is 4.67. The van der Waals surface area contributed by atoms with Gasteiger partial charge in [0.15, 0.2) is 5.78 Å². The van der Waals surface area contributed by atoms with Crippen molar-refractivity contribution in [1.82, 2.24) is 9.97 Å². The number of hydrogen-bond donors (Lipinski definition) is 1. The molecule has 0 aliphatic rings. The Morgan fingerprint density at radius 3 is 2.38 bits per heavy atom. The molecule has 0 saturated heterocycles. The lowest BCUT2D eigenvalue weighted by Crippen LogP contribution is -2.23. The molecule has 0 atom stereocenters. The average molecular weight is 284 g/mol. The summed E-state index contributed by atoms with van der Waals surface area (Å²) in [6.07, 6.45) is 1.74. The van der Waals surface area contributed by atoms with E-state index in [4.69, 9.17) is 0 Å². The summed E-state index contributed by atoms with van der Waals surface area (Å²) in [5.74, 6) is 1.51. The lowest BCUT2D eigenvalue weighted by Gasteiger charge is -2.19. The van der Waals surface area contributed by atoms with Crippen molar-refractivity contribution in [3.05, 3.63) is 42.1 Å². The van der Waals surface area contributed by atoms with Crippen molar-refractivity contribution in [2.24, 2.45) is 0 Å². The van der Waals surface area contributed by atoms with Crippen LogP contribution >= 0.6 is 0 Å². The van der Waals surface area contributed by atoms with Gasteiger partial charge in [0.2, 0.25) is 5.95 Å². The van der Waals surface area contributed by atoms with Crippen molar-refractivity contribution in [3.63, 3.8) is 0 Å². The molecule has 0 spiro atoms. The third-order valence-corrected chi connectivity index (χ3v) is 3.28. The molecule has 0 saturated carbocycles. The molecule has 0 bridgehead atoms. The van der Waals surface area contributed by atoms with Crippen LogP contribution in [0.4, 0.5) is 17.5 Å². The van der Waals surface area contributed by atoms with Crippen molar-refractivity contribution < 1.29 is 4.79 Å². The van der Waals surface area contributed by atoms with Crippen LogP contribution in [0.25, 0.3) is 0 Å². The number of rotatable bonds is 6. The molecular weight excluding hydrogens is 264 g/mol. The SMILES string of the molecule is CCN(CC)c1ccnc(Nc2ccc(C(C)=O)cc2)n1. The number of aromatic nitrogens is 2. The Hall–Kier alpha value is -2.43.